The Morgan fingerprint density at radius 2 is 1.94 bits per heavy atom. The van der Waals surface area contributed by atoms with Gasteiger partial charge in [-0.05, 0) is 39.2 Å². The van der Waals surface area contributed by atoms with Crippen molar-refractivity contribution in [2.45, 2.75) is 57.3 Å². The molecule has 0 saturated heterocycles. The normalized spacial score (nSPS) is 35.2. The lowest BCUT2D eigenvalue weighted by atomic mass is 9.85. The minimum absolute atomic E-state index is 0.274. The maximum absolute atomic E-state index is 5.99. The highest BCUT2D eigenvalue weighted by Crippen LogP contribution is 2.30. The molecule has 2 rings (SSSR count). The number of likely N-dealkylation sites (N-methyl/N-ethyl adjacent to an activating group) is 1. The maximum atomic E-state index is 5.99. The average molecular weight is 227 g/mol. The molecule has 0 aromatic heterocycles. The minimum Gasteiger partial charge on any atom is -0.375 e. The summed E-state index contributed by atoms with van der Waals surface area (Å²) in [6, 6.07) is 0.494. The van der Waals surface area contributed by atoms with Crippen LogP contribution in [0.5, 0.6) is 0 Å². The summed E-state index contributed by atoms with van der Waals surface area (Å²) in [5, 5.41) is 3.29. The first kappa shape index (κ1) is 12.3. The molecule has 16 heavy (non-hydrogen) atoms. The van der Waals surface area contributed by atoms with Crippen LogP contribution in [-0.4, -0.2) is 38.5 Å². The molecule has 0 spiro atoms. The first-order chi connectivity index (χ1) is 7.85. The smallest absolute Gasteiger partial charge is 0.0990 e. The summed E-state index contributed by atoms with van der Waals surface area (Å²) in [7, 11) is 2.00. The van der Waals surface area contributed by atoms with Crippen LogP contribution in [0.1, 0.15) is 39.0 Å². The average Bonchev–Trinajstić information content (AvgIpc) is 2.78. The molecule has 1 N–H and O–H groups in total. The first-order valence-electron chi connectivity index (χ1n) is 6.75. The van der Waals surface area contributed by atoms with Crippen LogP contribution in [0, 0.1) is 5.92 Å². The Hall–Kier alpha value is -0.120. The fourth-order valence-electron chi connectivity index (χ4n) is 2.88. The zero-order valence-electron chi connectivity index (χ0n) is 10.6. The lowest BCUT2D eigenvalue weighted by Gasteiger charge is -2.44. The van der Waals surface area contributed by atoms with Crippen LogP contribution in [0.4, 0.5) is 0 Å². The zero-order chi connectivity index (χ0) is 11.4. The van der Waals surface area contributed by atoms with E-state index in [0.29, 0.717) is 12.1 Å². The van der Waals surface area contributed by atoms with Gasteiger partial charge in [-0.2, -0.15) is 0 Å². The third-order valence-electron chi connectivity index (χ3n) is 4.00. The van der Waals surface area contributed by atoms with Gasteiger partial charge in [-0.15, -0.1) is 0 Å². The predicted octanol–water partition coefficient (Wildman–Crippen LogP) is 1.96. The topological polar surface area (TPSA) is 30.5 Å². The van der Waals surface area contributed by atoms with E-state index in [1.54, 1.807) is 0 Å². The van der Waals surface area contributed by atoms with Crippen LogP contribution in [0.3, 0.4) is 0 Å². The summed E-state index contributed by atoms with van der Waals surface area (Å²) < 4.78 is 11.7. The van der Waals surface area contributed by atoms with Gasteiger partial charge in [0.2, 0.25) is 0 Å². The van der Waals surface area contributed by atoms with Crippen molar-refractivity contribution in [3.8, 4) is 0 Å². The number of nitrogens with one attached hydrogen (secondary N) is 1. The van der Waals surface area contributed by atoms with E-state index in [9.17, 15) is 0 Å². The first-order valence-corrected chi connectivity index (χ1v) is 6.75. The molecule has 0 aliphatic heterocycles. The lowest BCUT2D eigenvalue weighted by Crippen LogP contribution is -2.59. The van der Waals surface area contributed by atoms with Crippen molar-refractivity contribution in [1.29, 1.82) is 0 Å². The van der Waals surface area contributed by atoms with Gasteiger partial charge in [0.1, 0.15) is 0 Å². The van der Waals surface area contributed by atoms with E-state index in [4.69, 9.17) is 9.47 Å². The molecule has 0 radical (unpaired) electrons. The Morgan fingerprint density at radius 3 is 2.56 bits per heavy atom. The zero-order valence-corrected chi connectivity index (χ0v) is 10.6. The highest BCUT2D eigenvalue weighted by Gasteiger charge is 2.42. The molecule has 3 heteroatoms. The molecule has 0 aromatic rings. The predicted molar refractivity (Wildman–Crippen MR) is 64.6 cm³/mol. The highest BCUT2D eigenvalue weighted by molar-refractivity contribution is 4.96. The summed E-state index contributed by atoms with van der Waals surface area (Å²) >= 11 is 0. The van der Waals surface area contributed by atoms with E-state index in [0.717, 1.165) is 25.6 Å². The summed E-state index contributed by atoms with van der Waals surface area (Å²) in [4.78, 5) is 0. The van der Waals surface area contributed by atoms with E-state index in [1.165, 1.54) is 25.7 Å². The van der Waals surface area contributed by atoms with Gasteiger partial charge in [0, 0.05) is 19.3 Å². The molecule has 2 saturated carbocycles. The van der Waals surface area contributed by atoms with Crippen LogP contribution in [0.2, 0.25) is 0 Å². The number of rotatable bonds is 6. The monoisotopic (exact) mass is 227 g/mol. The number of hydrogen-bond donors (Lipinski definition) is 1. The van der Waals surface area contributed by atoms with Gasteiger partial charge in [-0.3, -0.25) is 0 Å². The van der Waals surface area contributed by atoms with Crippen molar-refractivity contribution in [3.63, 3.8) is 0 Å². The van der Waals surface area contributed by atoms with Gasteiger partial charge in [0.05, 0.1) is 12.2 Å². The van der Waals surface area contributed by atoms with Crippen molar-refractivity contribution in [2.24, 2.45) is 5.92 Å². The van der Waals surface area contributed by atoms with E-state index >= 15 is 0 Å². The van der Waals surface area contributed by atoms with Crippen LogP contribution in [-0.2, 0) is 9.47 Å². The second-order valence-electron chi connectivity index (χ2n) is 5.07. The Kier molecular flexibility index (Phi) is 4.62. The van der Waals surface area contributed by atoms with Crippen LogP contribution in [0.15, 0.2) is 0 Å². The molecule has 0 heterocycles. The van der Waals surface area contributed by atoms with Crippen molar-refractivity contribution in [2.75, 3.05) is 20.3 Å². The Balaban J connectivity index is 1.68. The van der Waals surface area contributed by atoms with Crippen molar-refractivity contribution in [3.05, 3.63) is 0 Å². The SMILES string of the molecule is CCOC1C(NC)CC1OCC1CCCC1. The number of hydrogen-bond acceptors (Lipinski definition) is 3. The largest absolute Gasteiger partial charge is 0.375 e. The molecule has 0 amide bonds. The van der Waals surface area contributed by atoms with Gasteiger partial charge in [0.25, 0.3) is 0 Å². The van der Waals surface area contributed by atoms with E-state index in [2.05, 4.69) is 12.2 Å². The van der Waals surface area contributed by atoms with Crippen LogP contribution in [0.25, 0.3) is 0 Å². The lowest BCUT2D eigenvalue weighted by molar-refractivity contribution is -0.148. The number of ether oxygens (including phenoxy) is 2. The second kappa shape index (κ2) is 5.99. The van der Waals surface area contributed by atoms with Gasteiger partial charge in [-0.1, -0.05) is 12.8 Å². The summed E-state index contributed by atoms with van der Waals surface area (Å²) in [6.45, 7) is 3.79. The van der Waals surface area contributed by atoms with Gasteiger partial charge in [-0.25, -0.2) is 0 Å². The fraction of sp³-hybridized carbons (Fsp3) is 1.00. The third-order valence-corrected chi connectivity index (χ3v) is 4.00. The van der Waals surface area contributed by atoms with Gasteiger partial charge in [0.15, 0.2) is 0 Å². The van der Waals surface area contributed by atoms with E-state index in [1.807, 2.05) is 7.05 Å². The fourth-order valence-corrected chi connectivity index (χ4v) is 2.88. The summed E-state index contributed by atoms with van der Waals surface area (Å²) in [5.41, 5.74) is 0. The highest BCUT2D eigenvalue weighted by atomic mass is 16.5. The molecule has 0 bridgehead atoms. The van der Waals surface area contributed by atoms with E-state index < -0.39 is 0 Å². The molecule has 0 aromatic carbocycles. The third kappa shape index (κ3) is 2.76. The standard InChI is InChI=1S/C13H25NO2/c1-3-15-13-11(14-2)8-12(13)16-9-10-6-4-5-7-10/h10-14H,3-9H2,1-2H3. The quantitative estimate of drug-likeness (QED) is 0.752. The Bertz CT molecular complexity index is 204. The Morgan fingerprint density at radius 1 is 1.19 bits per heavy atom. The molecule has 94 valence electrons. The van der Waals surface area contributed by atoms with Crippen LogP contribution < -0.4 is 5.32 Å². The summed E-state index contributed by atoms with van der Waals surface area (Å²) in [6.07, 6.45) is 7.23. The van der Waals surface area contributed by atoms with Gasteiger partial charge >= 0.3 is 0 Å². The minimum atomic E-state index is 0.274. The van der Waals surface area contributed by atoms with Crippen LogP contribution >= 0.6 is 0 Å². The summed E-state index contributed by atoms with van der Waals surface area (Å²) in [5.74, 6) is 0.816. The second-order valence-corrected chi connectivity index (χ2v) is 5.07. The van der Waals surface area contributed by atoms with Crippen molar-refractivity contribution < 1.29 is 9.47 Å². The van der Waals surface area contributed by atoms with Gasteiger partial charge < -0.3 is 14.8 Å². The maximum Gasteiger partial charge on any atom is 0.0990 e. The molecule has 3 nitrogen and oxygen atoms in total. The molecular weight excluding hydrogens is 202 g/mol. The molecule has 3 unspecified atom stereocenters. The molecule has 3 atom stereocenters. The Labute approximate surface area is 98.9 Å². The molecule has 2 aliphatic carbocycles. The molecule has 2 fully saturated rings. The van der Waals surface area contributed by atoms with Crippen molar-refractivity contribution >= 4 is 0 Å². The molecular formula is C13H25NO2. The molecule has 2 aliphatic rings. The van der Waals surface area contributed by atoms with E-state index in [-0.39, 0.29) is 6.10 Å². The van der Waals surface area contributed by atoms with Crippen molar-refractivity contribution in [1.82, 2.24) is 5.32 Å².